The Balaban J connectivity index is 2.13. The smallest absolute Gasteiger partial charge is 0.240 e. The molecule has 5 heteroatoms. The molecule has 0 unspecified atom stereocenters. The topological polar surface area (TPSA) is 64.2 Å². The van der Waals surface area contributed by atoms with Crippen molar-refractivity contribution in [2.75, 3.05) is 0 Å². The third kappa shape index (κ3) is 3.15. The number of imidazole rings is 1. The first-order valence-corrected chi connectivity index (χ1v) is 6.83. The Bertz CT molecular complexity index is 456. The summed E-state index contributed by atoms with van der Waals surface area (Å²) in [5, 5.41) is 0. The number of hydrogen-bond acceptors (Lipinski definition) is 3. The molecule has 1 heterocycles. The SMILES string of the molecule is Cn1ccnc1CN(C(=O)[C@H](N)C(C)(C)C)C1CC1. The second-order valence-corrected chi connectivity index (χ2v) is 6.50. The molecule has 1 atom stereocenters. The van der Waals surface area contributed by atoms with Gasteiger partial charge in [-0.2, -0.15) is 0 Å². The fourth-order valence-electron chi connectivity index (χ4n) is 2.02. The molecule has 1 aromatic heterocycles. The molecule has 1 aliphatic carbocycles. The highest BCUT2D eigenvalue weighted by Crippen LogP contribution is 2.30. The van der Waals surface area contributed by atoms with Gasteiger partial charge in [0.1, 0.15) is 5.82 Å². The molecular weight excluding hydrogens is 240 g/mol. The van der Waals surface area contributed by atoms with Crippen molar-refractivity contribution in [2.45, 2.75) is 52.2 Å². The lowest BCUT2D eigenvalue weighted by Gasteiger charge is -2.32. The maximum absolute atomic E-state index is 12.6. The molecule has 1 fully saturated rings. The van der Waals surface area contributed by atoms with Crippen LogP contribution in [-0.4, -0.2) is 32.4 Å². The van der Waals surface area contributed by atoms with Crippen LogP contribution in [0.5, 0.6) is 0 Å². The van der Waals surface area contributed by atoms with Crippen molar-refractivity contribution >= 4 is 5.91 Å². The van der Waals surface area contributed by atoms with Gasteiger partial charge in [-0.05, 0) is 18.3 Å². The van der Waals surface area contributed by atoms with E-state index in [0.717, 1.165) is 18.7 Å². The lowest BCUT2D eigenvalue weighted by Crippen LogP contribution is -2.51. The molecule has 0 aromatic carbocycles. The Labute approximate surface area is 114 Å². The Hall–Kier alpha value is -1.36. The summed E-state index contributed by atoms with van der Waals surface area (Å²) < 4.78 is 1.95. The predicted octanol–water partition coefficient (Wildman–Crippen LogP) is 1.28. The van der Waals surface area contributed by atoms with Gasteiger partial charge in [-0.15, -0.1) is 0 Å². The summed E-state index contributed by atoms with van der Waals surface area (Å²) in [6.45, 7) is 6.56. The van der Waals surface area contributed by atoms with Crippen LogP contribution in [0.3, 0.4) is 0 Å². The van der Waals surface area contributed by atoms with Crippen LogP contribution in [0, 0.1) is 5.41 Å². The molecule has 106 valence electrons. The molecule has 5 nitrogen and oxygen atoms in total. The highest BCUT2D eigenvalue weighted by Gasteiger charge is 2.38. The highest BCUT2D eigenvalue weighted by molar-refractivity contribution is 5.83. The summed E-state index contributed by atoms with van der Waals surface area (Å²) in [7, 11) is 1.95. The summed E-state index contributed by atoms with van der Waals surface area (Å²) in [5.41, 5.74) is 5.89. The van der Waals surface area contributed by atoms with Gasteiger partial charge in [0.15, 0.2) is 0 Å². The Morgan fingerprint density at radius 2 is 2.21 bits per heavy atom. The normalized spacial score (nSPS) is 17.3. The number of aryl methyl sites for hydroxylation is 1. The second kappa shape index (κ2) is 4.96. The molecule has 0 aliphatic heterocycles. The van der Waals surface area contributed by atoms with Crippen molar-refractivity contribution in [3.05, 3.63) is 18.2 Å². The van der Waals surface area contributed by atoms with Crippen LogP contribution in [0.15, 0.2) is 12.4 Å². The number of rotatable bonds is 4. The van der Waals surface area contributed by atoms with Gasteiger partial charge in [-0.1, -0.05) is 20.8 Å². The van der Waals surface area contributed by atoms with E-state index >= 15 is 0 Å². The molecular formula is C14H24N4O. The monoisotopic (exact) mass is 264 g/mol. The Morgan fingerprint density at radius 3 is 2.63 bits per heavy atom. The summed E-state index contributed by atoms with van der Waals surface area (Å²) in [6.07, 6.45) is 5.81. The fourth-order valence-corrected chi connectivity index (χ4v) is 2.02. The fraction of sp³-hybridized carbons (Fsp3) is 0.714. The van der Waals surface area contributed by atoms with E-state index in [2.05, 4.69) is 4.98 Å². The molecule has 19 heavy (non-hydrogen) atoms. The summed E-state index contributed by atoms with van der Waals surface area (Å²) >= 11 is 0. The Morgan fingerprint density at radius 1 is 1.58 bits per heavy atom. The van der Waals surface area contributed by atoms with Gasteiger partial charge in [-0.25, -0.2) is 4.98 Å². The van der Waals surface area contributed by atoms with E-state index in [9.17, 15) is 4.79 Å². The number of nitrogens with two attached hydrogens (primary N) is 1. The first-order chi connectivity index (χ1) is 8.80. The van der Waals surface area contributed by atoms with Crippen LogP contribution in [0.2, 0.25) is 0 Å². The van der Waals surface area contributed by atoms with Gasteiger partial charge < -0.3 is 15.2 Å². The minimum absolute atomic E-state index is 0.0398. The zero-order valence-electron chi connectivity index (χ0n) is 12.3. The van der Waals surface area contributed by atoms with Crippen LogP contribution >= 0.6 is 0 Å². The summed E-state index contributed by atoms with van der Waals surface area (Å²) in [6, 6.07) is -0.119. The first-order valence-electron chi connectivity index (χ1n) is 6.83. The lowest BCUT2D eigenvalue weighted by atomic mass is 9.86. The van der Waals surface area contributed by atoms with Gasteiger partial charge in [0, 0.05) is 25.5 Å². The molecule has 1 saturated carbocycles. The number of carbonyl (C=O) groups excluding carboxylic acids is 1. The van der Waals surface area contributed by atoms with Crippen LogP contribution in [0.4, 0.5) is 0 Å². The van der Waals surface area contributed by atoms with E-state index in [0.29, 0.717) is 12.6 Å². The van der Waals surface area contributed by atoms with E-state index in [1.165, 1.54) is 0 Å². The summed E-state index contributed by atoms with van der Waals surface area (Å²) in [4.78, 5) is 18.8. The standard InChI is InChI=1S/C14H24N4O/c1-14(2,3)12(15)13(19)18(10-5-6-10)9-11-16-7-8-17(11)4/h7-8,10,12H,5-6,9,15H2,1-4H3/t12-/m0/s1. The lowest BCUT2D eigenvalue weighted by molar-refractivity contribution is -0.136. The summed E-state index contributed by atoms with van der Waals surface area (Å²) in [5.74, 6) is 0.944. The van der Waals surface area contributed by atoms with Gasteiger partial charge in [0.05, 0.1) is 12.6 Å². The van der Waals surface area contributed by atoms with Crippen LogP contribution in [0.25, 0.3) is 0 Å². The molecule has 1 amide bonds. The molecule has 1 aliphatic rings. The first kappa shape index (κ1) is 14.1. The zero-order chi connectivity index (χ0) is 14.2. The zero-order valence-corrected chi connectivity index (χ0v) is 12.3. The molecule has 0 spiro atoms. The quantitative estimate of drug-likeness (QED) is 0.891. The number of aromatic nitrogens is 2. The van der Waals surface area contributed by atoms with Gasteiger partial charge in [0.2, 0.25) is 5.91 Å². The minimum atomic E-state index is -0.464. The predicted molar refractivity (Wildman–Crippen MR) is 74.2 cm³/mol. The average Bonchev–Trinajstić information content (AvgIpc) is 3.08. The van der Waals surface area contributed by atoms with Crippen molar-refractivity contribution in [2.24, 2.45) is 18.2 Å². The number of hydrogen-bond donors (Lipinski definition) is 1. The molecule has 2 N–H and O–H groups in total. The van der Waals surface area contributed by atoms with Crippen LogP contribution in [-0.2, 0) is 18.4 Å². The number of carbonyl (C=O) groups is 1. The largest absolute Gasteiger partial charge is 0.337 e. The number of nitrogens with zero attached hydrogens (tertiary/aromatic N) is 3. The Kier molecular flexibility index (Phi) is 3.67. The third-order valence-electron chi connectivity index (χ3n) is 3.70. The van der Waals surface area contributed by atoms with Crippen molar-refractivity contribution in [1.29, 1.82) is 0 Å². The van der Waals surface area contributed by atoms with E-state index in [4.69, 9.17) is 5.73 Å². The van der Waals surface area contributed by atoms with E-state index < -0.39 is 6.04 Å². The maximum atomic E-state index is 12.6. The molecule has 0 saturated heterocycles. The minimum Gasteiger partial charge on any atom is -0.337 e. The van der Waals surface area contributed by atoms with Crippen LogP contribution in [0.1, 0.15) is 39.4 Å². The van der Waals surface area contributed by atoms with E-state index in [1.54, 1.807) is 6.20 Å². The van der Waals surface area contributed by atoms with Gasteiger partial charge in [0.25, 0.3) is 0 Å². The van der Waals surface area contributed by atoms with Crippen molar-refractivity contribution < 1.29 is 4.79 Å². The molecule has 0 radical (unpaired) electrons. The molecule has 2 rings (SSSR count). The second-order valence-electron chi connectivity index (χ2n) is 6.50. The molecule has 0 bridgehead atoms. The average molecular weight is 264 g/mol. The maximum Gasteiger partial charge on any atom is 0.240 e. The van der Waals surface area contributed by atoms with E-state index in [1.807, 2.05) is 43.5 Å². The van der Waals surface area contributed by atoms with Crippen molar-refractivity contribution in [3.63, 3.8) is 0 Å². The van der Waals surface area contributed by atoms with Crippen molar-refractivity contribution in [1.82, 2.24) is 14.5 Å². The number of amides is 1. The highest BCUT2D eigenvalue weighted by atomic mass is 16.2. The van der Waals surface area contributed by atoms with Crippen molar-refractivity contribution in [3.8, 4) is 0 Å². The van der Waals surface area contributed by atoms with E-state index in [-0.39, 0.29) is 11.3 Å². The van der Waals surface area contributed by atoms with Gasteiger partial charge >= 0.3 is 0 Å². The third-order valence-corrected chi connectivity index (χ3v) is 3.70. The molecule has 1 aromatic rings. The van der Waals surface area contributed by atoms with Gasteiger partial charge in [-0.3, -0.25) is 4.79 Å². The van der Waals surface area contributed by atoms with Crippen LogP contribution < -0.4 is 5.73 Å².